The maximum atomic E-state index is 10.2. The zero-order chi connectivity index (χ0) is 39.3. The number of fused-ring (bicyclic) bond motifs is 2. The summed E-state index contributed by atoms with van der Waals surface area (Å²) >= 11 is 0. The first-order valence-corrected chi connectivity index (χ1v) is 22.3. The van der Waals surface area contributed by atoms with Crippen LogP contribution in [0.25, 0.3) is 21.8 Å². The van der Waals surface area contributed by atoms with E-state index in [0.29, 0.717) is 41.8 Å². The molecule has 0 unspecified atom stereocenters. The highest BCUT2D eigenvalue weighted by atomic mass is 16.3. The Hall–Kier alpha value is -3.56. The fourth-order valence-corrected chi connectivity index (χ4v) is 9.51. The molecule has 4 heterocycles. The van der Waals surface area contributed by atoms with Crippen molar-refractivity contribution in [2.24, 2.45) is 0 Å². The molecule has 2 aliphatic heterocycles. The highest BCUT2D eigenvalue weighted by Gasteiger charge is 2.26. The van der Waals surface area contributed by atoms with Crippen molar-refractivity contribution in [2.45, 2.75) is 174 Å². The van der Waals surface area contributed by atoms with Crippen LogP contribution in [0.3, 0.4) is 0 Å². The van der Waals surface area contributed by atoms with Crippen LogP contribution in [-0.4, -0.2) is 85.2 Å². The third-order valence-electron chi connectivity index (χ3n) is 13.5. The van der Waals surface area contributed by atoms with Crippen molar-refractivity contribution in [3.63, 3.8) is 0 Å². The van der Waals surface area contributed by atoms with Gasteiger partial charge in [0.2, 0.25) is 0 Å². The number of rotatable bonds is 8. The molecule has 0 bridgehead atoms. The molecule has 4 fully saturated rings. The van der Waals surface area contributed by atoms with Crippen molar-refractivity contribution < 1.29 is 5.11 Å². The molecule has 4 aromatic rings. The monoisotopic (exact) mass is 763 g/mol. The lowest BCUT2D eigenvalue weighted by Gasteiger charge is -2.35. The van der Waals surface area contributed by atoms with Crippen molar-refractivity contribution in [3.05, 3.63) is 52.6 Å². The van der Waals surface area contributed by atoms with Gasteiger partial charge in [0, 0.05) is 79.0 Å². The molecule has 9 nitrogen and oxygen atoms in total. The van der Waals surface area contributed by atoms with Crippen molar-refractivity contribution in [3.8, 4) is 5.75 Å². The lowest BCUT2D eigenvalue weighted by Crippen LogP contribution is -2.42. The first-order chi connectivity index (χ1) is 27.0. The maximum absolute atomic E-state index is 10.2. The fraction of sp³-hybridized carbons (Fsp3) is 0.660. The zero-order valence-electron chi connectivity index (χ0n) is 35.6. The van der Waals surface area contributed by atoms with Gasteiger partial charge in [-0.05, 0) is 135 Å². The fourth-order valence-electron chi connectivity index (χ4n) is 9.51. The highest BCUT2D eigenvalue weighted by Crippen LogP contribution is 2.36. The zero-order valence-corrected chi connectivity index (χ0v) is 35.6. The van der Waals surface area contributed by atoms with Crippen LogP contribution in [0.4, 0.5) is 11.6 Å². The summed E-state index contributed by atoms with van der Waals surface area (Å²) in [5, 5.41) is 20.0. The number of aromatic hydroxyl groups is 1. The van der Waals surface area contributed by atoms with Crippen molar-refractivity contribution in [2.75, 3.05) is 36.8 Å². The minimum Gasteiger partial charge on any atom is -0.508 e. The standard InChI is InChI=1S/C24H36N4.C23H34N4O/c1-16(2)28-12-10-20(11-13-28)25-24-21-14-17(3)18(4)15-22(21)26-23(27-24)19-8-6-5-7-9-19;1-15(2)27-11-9-18(10-12-27)24-23-19-13-16(3)21(28)14-20(19)25-22(26-23)17-7-5-4-6-8-17/h14-16,19-20H,5-13H2,1-4H3,(H,25,26,27);13-15,17-18,28H,4-12H2,1-3H3,(H,24,25,26). The van der Waals surface area contributed by atoms with Crippen LogP contribution in [0.15, 0.2) is 24.3 Å². The third-order valence-corrected chi connectivity index (χ3v) is 13.5. The lowest BCUT2D eigenvalue weighted by atomic mass is 9.88. The molecule has 2 aromatic heterocycles. The third kappa shape index (κ3) is 9.75. The van der Waals surface area contributed by atoms with E-state index in [2.05, 4.69) is 74.1 Å². The summed E-state index contributed by atoms with van der Waals surface area (Å²) in [6.45, 7) is 20.1. The van der Waals surface area contributed by atoms with Crippen molar-refractivity contribution in [1.82, 2.24) is 29.7 Å². The molecule has 3 N–H and O–H groups in total. The summed E-state index contributed by atoms with van der Waals surface area (Å²) in [5.74, 6) is 5.34. The van der Waals surface area contributed by atoms with Crippen molar-refractivity contribution in [1.29, 1.82) is 0 Å². The number of phenols is 1. The Labute approximate surface area is 336 Å². The van der Waals surface area contributed by atoms with Gasteiger partial charge < -0.3 is 25.5 Å². The second-order valence-electron chi connectivity index (χ2n) is 18.2. The molecule has 304 valence electrons. The Morgan fingerprint density at radius 2 is 0.911 bits per heavy atom. The normalized spacial score (nSPS) is 20.2. The molecule has 0 radical (unpaired) electrons. The number of anilines is 2. The van der Waals surface area contributed by atoms with Crippen LogP contribution in [0.1, 0.15) is 158 Å². The van der Waals surface area contributed by atoms with Crippen LogP contribution >= 0.6 is 0 Å². The summed E-state index contributed by atoms with van der Waals surface area (Å²) in [6.07, 6.45) is 17.3. The van der Waals surface area contributed by atoms with E-state index < -0.39 is 0 Å². The largest absolute Gasteiger partial charge is 0.508 e. The van der Waals surface area contributed by atoms with E-state index in [1.165, 1.54) is 107 Å². The number of benzene rings is 2. The van der Waals surface area contributed by atoms with Gasteiger partial charge in [0.25, 0.3) is 0 Å². The van der Waals surface area contributed by atoms with Gasteiger partial charge in [-0.2, -0.15) is 0 Å². The number of likely N-dealkylation sites (tertiary alicyclic amines) is 2. The molecule has 8 rings (SSSR count). The predicted molar refractivity (Wildman–Crippen MR) is 233 cm³/mol. The van der Waals surface area contributed by atoms with E-state index in [-0.39, 0.29) is 0 Å². The lowest BCUT2D eigenvalue weighted by molar-refractivity contribution is 0.177. The van der Waals surface area contributed by atoms with Gasteiger partial charge in [0.1, 0.15) is 29.0 Å². The van der Waals surface area contributed by atoms with Gasteiger partial charge in [-0.3, -0.25) is 0 Å². The number of hydrogen-bond acceptors (Lipinski definition) is 9. The molecule has 2 saturated heterocycles. The molecule has 2 saturated carbocycles. The number of aryl methyl sites for hydroxylation is 3. The maximum Gasteiger partial charge on any atom is 0.137 e. The van der Waals surface area contributed by atoms with E-state index in [4.69, 9.17) is 19.9 Å². The molecule has 0 spiro atoms. The summed E-state index contributed by atoms with van der Waals surface area (Å²) < 4.78 is 0. The van der Waals surface area contributed by atoms with E-state index in [0.717, 1.165) is 71.2 Å². The summed E-state index contributed by atoms with van der Waals surface area (Å²) in [4.78, 5) is 25.2. The molecular formula is C47H70N8O. The molecule has 56 heavy (non-hydrogen) atoms. The average Bonchev–Trinajstić information content (AvgIpc) is 3.20. The van der Waals surface area contributed by atoms with E-state index in [1.54, 1.807) is 0 Å². The second kappa shape index (κ2) is 18.4. The first-order valence-electron chi connectivity index (χ1n) is 22.3. The van der Waals surface area contributed by atoms with Gasteiger partial charge in [-0.25, -0.2) is 19.9 Å². The Bertz CT molecular complexity index is 1780. The summed E-state index contributed by atoms with van der Waals surface area (Å²) in [6, 6.07) is 10.6. The molecule has 2 aliphatic carbocycles. The number of aromatic nitrogens is 4. The second-order valence-corrected chi connectivity index (χ2v) is 18.2. The van der Waals surface area contributed by atoms with Crippen LogP contribution in [0.5, 0.6) is 5.75 Å². The SMILES string of the molecule is Cc1cc2c(NC3CCN(C(C)C)CC3)nc(C3CCCCC3)nc2cc1O.Cc1cc2nc(C3CCCCC3)nc(NC3CCN(C(C)C)CC3)c2cc1C. The number of nitrogens with one attached hydrogen (secondary N) is 2. The summed E-state index contributed by atoms with van der Waals surface area (Å²) in [7, 11) is 0. The number of nitrogens with zero attached hydrogens (tertiary/aromatic N) is 6. The quantitative estimate of drug-likeness (QED) is 0.162. The minimum absolute atomic E-state index is 0.317. The van der Waals surface area contributed by atoms with Gasteiger partial charge in [-0.1, -0.05) is 38.5 Å². The Balaban J connectivity index is 0.000000172. The number of hydrogen-bond donors (Lipinski definition) is 3. The first kappa shape index (κ1) is 40.6. The smallest absolute Gasteiger partial charge is 0.137 e. The van der Waals surface area contributed by atoms with Crippen LogP contribution in [-0.2, 0) is 0 Å². The minimum atomic E-state index is 0.317. The van der Waals surface area contributed by atoms with Gasteiger partial charge in [0.15, 0.2) is 0 Å². The van der Waals surface area contributed by atoms with Gasteiger partial charge in [-0.15, -0.1) is 0 Å². The topological polar surface area (TPSA) is 102 Å². The molecule has 0 amide bonds. The van der Waals surface area contributed by atoms with Gasteiger partial charge >= 0.3 is 0 Å². The van der Waals surface area contributed by atoms with Crippen LogP contribution in [0.2, 0.25) is 0 Å². The Morgan fingerprint density at radius 1 is 0.518 bits per heavy atom. The van der Waals surface area contributed by atoms with Crippen LogP contribution < -0.4 is 10.6 Å². The Morgan fingerprint density at radius 3 is 1.34 bits per heavy atom. The van der Waals surface area contributed by atoms with E-state index in [1.807, 2.05) is 19.1 Å². The molecular weight excluding hydrogens is 693 g/mol. The van der Waals surface area contributed by atoms with Gasteiger partial charge in [0.05, 0.1) is 11.0 Å². The summed E-state index contributed by atoms with van der Waals surface area (Å²) in [5.41, 5.74) is 5.48. The number of piperidine rings is 2. The molecule has 2 aromatic carbocycles. The molecule has 0 atom stereocenters. The Kier molecular flexibility index (Phi) is 13.3. The van der Waals surface area contributed by atoms with E-state index >= 15 is 0 Å². The number of phenolic OH excluding ortho intramolecular Hbond substituents is 1. The predicted octanol–water partition coefficient (Wildman–Crippen LogP) is 10.6. The highest BCUT2D eigenvalue weighted by molar-refractivity contribution is 5.91. The average molecular weight is 763 g/mol. The molecule has 9 heteroatoms. The van der Waals surface area contributed by atoms with E-state index in [9.17, 15) is 5.11 Å². The van der Waals surface area contributed by atoms with Crippen LogP contribution in [0, 0.1) is 20.8 Å². The molecule has 4 aliphatic rings. The van der Waals surface area contributed by atoms with Crippen molar-refractivity contribution >= 4 is 33.4 Å².